The average Bonchev–Trinajstić information content (AvgIpc) is 2.76. The van der Waals surface area contributed by atoms with Crippen molar-refractivity contribution >= 4 is 11.9 Å². The van der Waals surface area contributed by atoms with Crippen molar-refractivity contribution in [2.24, 2.45) is 5.92 Å². The van der Waals surface area contributed by atoms with Crippen LogP contribution >= 0.6 is 0 Å². The number of hydrogen-bond donors (Lipinski definition) is 2. The van der Waals surface area contributed by atoms with Crippen LogP contribution < -0.4 is 5.32 Å². The molecule has 0 unspecified atom stereocenters. The summed E-state index contributed by atoms with van der Waals surface area (Å²) >= 11 is 0. The van der Waals surface area contributed by atoms with E-state index in [1.165, 1.54) is 11.1 Å². The van der Waals surface area contributed by atoms with Gasteiger partial charge in [-0.05, 0) is 43.2 Å². The number of hydrogen-bond acceptors (Lipinski definition) is 2. The van der Waals surface area contributed by atoms with Crippen LogP contribution in [0.15, 0.2) is 24.3 Å². The molecule has 0 aromatic heterocycles. The third-order valence-electron chi connectivity index (χ3n) is 4.40. The van der Waals surface area contributed by atoms with Crippen LogP contribution in [0.25, 0.3) is 0 Å². The SMILES string of the molecule is O=C(NC1(C(=O)O)CCC1)C1Cc2ccccc2C1. The van der Waals surface area contributed by atoms with Crippen LogP contribution in [0.3, 0.4) is 0 Å². The summed E-state index contributed by atoms with van der Waals surface area (Å²) in [6.07, 6.45) is 3.41. The predicted octanol–water partition coefficient (Wildman–Crippen LogP) is 1.52. The van der Waals surface area contributed by atoms with Crippen LogP contribution in [0.1, 0.15) is 30.4 Å². The third kappa shape index (κ3) is 2.01. The fraction of sp³-hybridized carbons (Fsp3) is 0.467. The zero-order valence-corrected chi connectivity index (χ0v) is 10.7. The maximum Gasteiger partial charge on any atom is 0.329 e. The van der Waals surface area contributed by atoms with Gasteiger partial charge in [0.05, 0.1) is 0 Å². The second-order valence-corrected chi connectivity index (χ2v) is 5.60. The van der Waals surface area contributed by atoms with Crippen LogP contribution in [0, 0.1) is 5.92 Å². The highest BCUT2D eigenvalue weighted by Crippen LogP contribution is 2.33. The van der Waals surface area contributed by atoms with E-state index in [9.17, 15) is 14.7 Å². The average molecular weight is 259 g/mol. The third-order valence-corrected chi connectivity index (χ3v) is 4.40. The van der Waals surface area contributed by atoms with Gasteiger partial charge in [-0.1, -0.05) is 24.3 Å². The molecular formula is C15H17NO3. The molecule has 1 saturated carbocycles. The van der Waals surface area contributed by atoms with Gasteiger partial charge in [-0.25, -0.2) is 4.79 Å². The number of rotatable bonds is 3. The Morgan fingerprint density at radius 2 is 1.74 bits per heavy atom. The minimum Gasteiger partial charge on any atom is -0.480 e. The number of nitrogens with one attached hydrogen (secondary N) is 1. The second kappa shape index (κ2) is 4.37. The van der Waals surface area contributed by atoms with Gasteiger partial charge in [0.15, 0.2) is 0 Å². The van der Waals surface area contributed by atoms with E-state index >= 15 is 0 Å². The lowest BCUT2D eigenvalue weighted by Crippen LogP contribution is -2.60. The van der Waals surface area contributed by atoms with Gasteiger partial charge in [-0.2, -0.15) is 0 Å². The summed E-state index contributed by atoms with van der Waals surface area (Å²) in [5.41, 5.74) is 1.42. The highest BCUT2D eigenvalue weighted by molar-refractivity contribution is 5.89. The molecule has 19 heavy (non-hydrogen) atoms. The summed E-state index contributed by atoms with van der Waals surface area (Å²) in [5.74, 6) is -1.13. The zero-order valence-electron chi connectivity index (χ0n) is 10.7. The molecule has 0 spiro atoms. The Morgan fingerprint density at radius 1 is 1.16 bits per heavy atom. The summed E-state index contributed by atoms with van der Waals surface area (Å²) in [4.78, 5) is 23.5. The molecule has 2 N–H and O–H groups in total. The molecule has 0 radical (unpaired) electrons. The number of aliphatic carboxylic acids is 1. The van der Waals surface area contributed by atoms with Gasteiger partial charge in [0.1, 0.15) is 5.54 Å². The Hall–Kier alpha value is -1.84. The van der Waals surface area contributed by atoms with Gasteiger partial charge < -0.3 is 10.4 Å². The molecule has 1 amide bonds. The maximum atomic E-state index is 12.3. The molecular weight excluding hydrogens is 242 g/mol. The molecule has 0 bridgehead atoms. The minimum absolute atomic E-state index is 0.113. The van der Waals surface area contributed by atoms with Crippen molar-refractivity contribution in [2.45, 2.75) is 37.6 Å². The number of fused-ring (bicyclic) bond motifs is 1. The fourth-order valence-electron chi connectivity index (χ4n) is 3.00. The molecule has 0 heterocycles. The molecule has 0 saturated heterocycles. The van der Waals surface area contributed by atoms with E-state index in [0.717, 1.165) is 19.3 Å². The number of carbonyl (C=O) groups excluding carboxylic acids is 1. The highest BCUT2D eigenvalue weighted by Gasteiger charge is 2.46. The first kappa shape index (κ1) is 12.2. The van der Waals surface area contributed by atoms with E-state index < -0.39 is 11.5 Å². The Kier molecular flexibility index (Phi) is 2.81. The number of carboxylic acids is 1. The van der Waals surface area contributed by atoms with Crippen molar-refractivity contribution in [2.75, 3.05) is 0 Å². The van der Waals surface area contributed by atoms with E-state index in [4.69, 9.17) is 0 Å². The molecule has 0 atom stereocenters. The van der Waals surface area contributed by atoms with Gasteiger partial charge in [0, 0.05) is 5.92 Å². The van der Waals surface area contributed by atoms with Crippen LogP contribution in [0.5, 0.6) is 0 Å². The molecule has 4 heteroatoms. The standard InChI is InChI=1S/C15H17NO3/c17-13(16-15(14(18)19)6-3-7-15)12-8-10-4-1-2-5-11(10)9-12/h1-2,4-5,12H,3,6-9H2,(H,16,17)(H,18,19). The lowest BCUT2D eigenvalue weighted by molar-refractivity contribution is -0.152. The Balaban J connectivity index is 1.69. The predicted molar refractivity (Wildman–Crippen MR) is 69.7 cm³/mol. The molecule has 3 rings (SSSR count). The van der Waals surface area contributed by atoms with Gasteiger partial charge >= 0.3 is 5.97 Å². The lowest BCUT2D eigenvalue weighted by Gasteiger charge is -2.38. The molecule has 1 aromatic rings. The van der Waals surface area contributed by atoms with Crippen molar-refractivity contribution in [3.63, 3.8) is 0 Å². The largest absolute Gasteiger partial charge is 0.480 e. The first-order valence-corrected chi connectivity index (χ1v) is 6.73. The second-order valence-electron chi connectivity index (χ2n) is 5.60. The molecule has 100 valence electrons. The summed E-state index contributed by atoms with van der Waals surface area (Å²) < 4.78 is 0. The summed E-state index contributed by atoms with van der Waals surface area (Å²) in [6, 6.07) is 8.03. The van der Waals surface area contributed by atoms with Gasteiger partial charge in [0.2, 0.25) is 5.91 Å². The zero-order chi connectivity index (χ0) is 13.5. The van der Waals surface area contributed by atoms with E-state index in [-0.39, 0.29) is 11.8 Å². The Bertz CT molecular complexity index is 509. The first-order chi connectivity index (χ1) is 9.11. The Labute approximate surface area is 111 Å². The van der Waals surface area contributed by atoms with Crippen molar-refractivity contribution < 1.29 is 14.7 Å². The van der Waals surface area contributed by atoms with Crippen LogP contribution in [-0.2, 0) is 22.4 Å². The van der Waals surface area contributed by atoms with Crippen LogP contribution in [0.4, 0.5) is 0 Å². The maximum absolute atomic E-state index is 12.3. The number of carboxylic acid groups (broad SMARTS) is 1. The summed E-state index contributed by atoms with van der Waals surface area (Å²) in [7, 11) is 0. The lowest BCUT2D eigenvalue weighted by atomic mass is 9.76. The minimum atomic E-state index is -0.994. The normalized spacial score (nSPS) is 20.4. The number of benzene rings is 1. The van der Waals surface area contributed by atoms with E-state index in [2.05, 4.69) is 5.32 Å². The van der Waals surface area contributed by atoms with Crippen LogP contribution in [-0.4, -0.2) is 22.5 Å². The van der Waals surface area contributed by atoms with Gasteiger partial charge in [-0.15, -0.1) is 0 Å². The molecule has 1 aromatic carbocycles. The van der Waals surface area contributed by atoms with Crippen molar-refractivity contribution in [3.05, 3.63) is 35.4 Å². The van der Waals surface area contributed by atoms with Crippen LogP contribution in [0.2, 0.25) is 0 Å². The Morgan fingerprint density at radius 3 is 2.16 bits per heavy atom. The van der Waals surface area contributed by atoms with Crippen molar-refractivity contribution in [1.29, 1.82) is 0 Å². The summed E-state index contributed by atoms with van der Waals surface area (Å²) in [5, 5.41) is 12.0. The van der Waals surface area contributed by atoms with Gasteiger partial charge in [-0.3, -0.25) is 4.79 Å². The smallest absolute Gasteiger partial charge is 0.329 e. The van der Waals surface area contributed by atoms with Crippen molar-refractivity contribution in [3.8, 4) is 0 Å². The molecule has 0 aliphatic heterocycles. The van der Waals surface area contributed by atoms with Gasteiger partial charge in [0.25, 0.3) is 0 Å². The number of carbonyl (C=O) groups is 2. The number of amides is 1. The molecule has 2 aliphatic carbocycles. The summed E-state index contributed by atoms with van der Waals surface area (Å²) in [6.45, 7) is 0. The molecule has 1 fully saturated rings. The fourth-order valence-corrected chi connectivity index (χ4v) is 3.00. The quantitative estimate of drug-likeness (QED) is 0.865. The van der Waals surface area contributed by atoms with Crippen molar-refractivity contribution in [1.82, 2.24) is 5.32 Å². The molecule has 4 nitrogen and oxygen atoms in total. The topological polar surface area (TPSA) is 66.4 Å². The van der Waals surface area contributed by atoms with E-state index in [1.807, 2.05) is 24.3 Å². The monoisotopic (exact) mass is 259 g/mol. The van der Waals surface area contributed by atoms with E-state index in [0.29, 0.717) is 12.8 Å². The van der Waals surface area contributed by atoms with E-state index in [1.54, 1.807) is 0 Å². The molecule has 2 aliphatic rings. The first-order valence-electron chi connectivity index (χ1n) is 6.73. The highest BCUT2D eigenvalue weighted by atomic mass is 16.4.